The first kappa shape index (κ1) is 26.8. The fourth-order valence-electron chi connectivity index (χ4n) is 4.92. The number of pyridine rings is 1. The van der Waals surface area contributed by atoms with Crippen molar-refractivity contribution in [1.29, 1.82) is 0 Å². The van der Waals surface area contributed by atoms with Crippen molar-refractivity contribution in [3.63, 3.8) is 0 Å². The van der Waals surface area contributed by atoms with Crippen molar-refractivity contribution in [2.45, 2.75) is 44.8 Å². The molecule has 8 nitrogen and oxygen atoms in total. The Kier molecular flexibility index (Phi) is 7.14. The molecule has 9 heteroatoms. The molecule has 0 bridgehead atoms. The van der Waals surface area contributed by atoms with E-state index < -0.39 is 24.4 Å². The number of methoxy groups -OCH3 is 1. The number of nitrogens with zero attached hydrogens (tertiary/aromatic N) is 1. The standard InChI is InChI=1S/C30H34BN3O5/c1-29(2)30(3,4)39-31(38-29)19(16-20-14-15-26(32)27(34-20)36-5)17-33-28(35)37-18-25-23-12-8-6-10-21(23)22-11-7-9-13-24(22)25/h6-16,25H,17-18,32H2,1-5H3,(H,33,35). The van der Waals surface area contributed by atoms with Crippen molar-refractivity contribution in [3.8, 4) is 17.0 Å². The minimum atomic E-state index is -0.686. The Bertz CT molecular complexity index is 1360. The molecule has 2 aromatic carbocycles. The van der Waals surface area contributed by atoms with E-state index in [1.807, 2.05) is 58.0 Å². The second-order valence-electron chi connectivity index (χ2n) is 10.8. The molecule has 0 atom stereocenters. The largest absolute Gasteiger partial charge is 0.492 e. The molecular formula is C30H34BN3O5. The molecule has 39 heavy (non-hydrogen) atoms. The minimum absolute atomic E-state index is 0.0206. The van der Waals surface area contributed by atoms with Gasteiger partial charge in [-0.1, -0.05) is 48.5 Å². The van der Waals surface area contributed by atoms with Gasteiger partial charge in [0, 0.05) is 12.5 Å². The molecule has 0 saturated carbocycles. The Hall–Kier alpha value is -3.82. The highest BCUT2D eigenvalue weighted by molar-refractivity contribution is 6.56. The van der Waals surface area contributed by atoms with E-state index in [4.69, 9.17) is 24.5 Å². The van der Waals surface area contributed by atoms with E-state index in [1.165, 1.54) is 18.2 Å². The van der Waals surface area contributed by atoms with Gasteiger partial charge in [0.1, 0.15) is 6.61 Å². The Labute approximate surface area is 229 Å². The SMILES string of the molecule is COc1nc(C=C(CNC(=O)OCC2c3ccccc3-c3ccccc32)B2OC(C)(C)C(C)(C)O2)ccc1N. The highest BCUT2D eigenvalue weighted by atomic mass is 16.7. The number of ether oxygens (including phenoxy) is 2. The summed E-state index contributed by atoms with van der Waals surface area (Å²) in [6.07, 6.45) is 1.29. The Morgan fingerprint density at radius 2 is 1.59 bits per heavy atom. The molecule has 3 aromatic rings. The smallest absolute Gasteiger partial charge is 0.480 e. The van der Waals surface area contributed by atoms with Gasteiger partial charge in [0.15, 0.2) is 0 Å². The van der Waals surface area contributed by atoms with Crippen molar-refractivity contribution in [3.05, 3.63) is 83.0 Å². The summed E-state index contributed by atoms with van der Waals surface area (Å²) in [7, 11) is 0.828. The number of anilines is 1. The molecular weight excluding hydrogens is 493 g/mol. The highest BCUT2D eigenvalue weighted by Gasteiger charge is 2.52. The average molecular weight is 527 g/mol. The van der Waals surface area contributed by atoms with Gasteiger partial charge in [-0.05, 0) is 73.6 Å². The van der Waals surface area contributed by atoms with E-state index >= 15 is 0 Å². The third-order valence-electron chi connectivity index (χ3n) is 7.77. The molecule has 3 N–H and O–H groups in total. The van der Waals surface area contributed by atoms with Crippen molar-refractivity contribution < 1.29 is 23.6 Å². The average Bonchev–Trinajstić information content (AvgIpc) is 3.35. The highest BCUT2D eigenvalue weighted by Crippen LogP contribution is 2.44. The fraction of sp³-hybridized carbons (Fsp3) is 0.333. The lowest BCUT2D eigenvalue weighted by atomic mass is 9.77. The summed E-state index contributed by atoms with van der Waals surface area (Å²) in [4.78, 5) is 17.4. The summed E-state index contributed by atoms with van der Waals surface area (Å²) in [6.45, 7) is 8.29. The zero-order chi connectivity index (χ0) is 27.8. The third-order valence-corrected chi connectivity index (χ3v) is 7.77. The number of hydrogen-bond donors (Lipinski definition) is 2. The number of nitrogens with two attached hydrogens (primary N) is 1. The number of benzene rings is 2. The number of fused-ring (bicyclic) bond motifs is 3. The zero-order valence-electron chi connectivity index (χ0n) is 23.0. The summed E-state index contributed by atoms with van der Waals surface area (Å²) in [5.41, 5.74) is 11.2. The number of hydrogen-bond acceptors (Lipinski definition) is 7. The van der Waals surface area contributed by atoms with Crippen LogP contribution >= 0.6 is 0 Å². The van der Waals surface area contributed by atoms with Crippen LogP contribution < -0.4 is 15.8 Å². The van der Waals surface area contributed by atoms with Crippen LogP contribution in [0.4, 0.5) is 10.5 Å². The van der Waals surface area contributed by atoms with Gasteiger partial charge in [0.25, 0.3) is 0 Å². The summed E-state index contributed by atoms with van der Waals surface area (Å²) in [6, 6.07) is 20.0. The number of aromatic nitrogens is 1. The van der Waals surface area contributed by atoms with Crippen molar-refractivity contribution in [1.82, 2.24) is 10.3 Å². The molecule has 1 aromatic heterocycles. The van der Waals surface area contributed by atoms with Crippen molar-refractivity contribution in [2.24, 2.45) is 0 Å². The Morgan fingerprint density at radius 3 is 2.18 bits per heavy atom. The van der Waals surface area contributed by atoms with Gasteiger partial charge in [-0.15, -0.1) is 0 Å². The fourth-order valence-corrected chi connectivity index (χ4v) is 4.92. The lowest BCUT2D eigenvalue weighted by Gasteiger charge is -2.32. The van der Waals surface area contributed by atoms with Crippen LogP contribution in [0, 0.1) is 0 Å². The first-order valence-corrected chi connectivity index (χ1v) is 13.0. The van der Waals surface area contributed by atoms with Gasteiger partial charge in [-0.2, -0.15) is 0 Å². The van der Waals surface area contributed by atoms with E-state index in [9.17, 15) is 4.79 Å². The van der Waals surface area contributed by atoms with Gasteiger partial charge in [0.05, 0.1) is 29.7 Å². The molecule has 0 spiro atoms. The van der Waals surface area contributed by atoms with Crippen LogP contribution in [0.25, 0.3) is 17.2 Å². The van der Waals surface area contributed by atoms with E-state index in [1.54, 1.807) is 12.1 Å². The monoisotopic (exact) mass is 527 g/mol. The van der Waals surface area contributed by atoms with Crippen LogP contribution in [0.5, 0.6) is 5.88 Å². The van der Waals surface area contributed by atoms with Crippen LogP contribution in [-0.4, -0.2) is 49.7 Å². The summed E-state index contributed by atoms with van der Waals surface area (Å²) in [5, 5.41) is 2.87. The molecule has 1 fully saturated rings. The second-order valence-corrected chi connectivity index (χ2v) is 10.8. The lowest BCUT2D eigenvalue weighted by molar-refractivity contribution is 0.00578. The maximum absolute atomic E-state index is 12.9. The molecule has 5 rings (SSSR count). The van der Waals surface area contributed by atoms with Gasteiger partial charge in [0.2, 0.25) is 5.88 Å². The molecule has 202 valence electrons. The van der Waals surface area contributed by atoms with Crippen LogP contribution in [-0.2, 0) is 14.0 Å². The number of amides is 1. The van der Waals surface area contributed by atoms with Crippen LogP contribution in [0.3, 0.4) is 0 Å². The minimum Gasteiger partial charge on any atom is -0.480 e. The molecule has 1 saturated heterocycles. The second kappa shape index (κ2) is 10.4. The van der Waals surface area contributed by atoms with Gasteiger partial charge in [-0.3, -0.25) is 0 Å². The Balaban J connectivity index is 1.31. The van der Waals surface area contributed by atoms with Crippen molar-refractivity contribution in [2.75, 3.05) is 26.0 Å². The van der Waals surface area contributed by atoms with E-state index in [-0.39, 0.29) is 19.1 Å². The molecule has 2 aliphatic rings. The third kappa shape index (κ3) is 5.24. The first-order valence-electron chi connectivity index (χ1n) is 13.0. The molecule has 2 heterocycles. The first-order chi connectivity index (χ1) is 18.6. The zero-order valence-corrected chi connectivity index (χ0v) is 23.0. The maximum atomic E-state index is 12.9. The summed E-state index contributed by atoms with van der Waals surface area (Å²) >= 11 is 0. The van der Waals surface area contributed by atoms with E-state index in [0.29, 0.717) is 22.7 Å². The van der Waals surface area contributed by atoms with Gasteiger partial charge < -0.3 is 29.8 Å². The number of alkyl carbamates (subject to hydrolysis) is 1. The van der Waals surface area contributed by atoms with Crippen LogP contribution in [0.1, 0.15) is 50.4 Å². The predicted octanol–water partition coefficient (Wildman–Crippen LogP) is 5.23. The number of carbonyl (C=O) groups is 1. The number of nitrogens with one attached hydrogen (secondary N) is 1. The normalized spacial score (nSPS) is 17.5. The Morgan fingerprint density at radius 1 is 1.00 bits per heavy atom. The molecule has 1 aliphatic carbocycles. The topological polar surface area (TPSA) is 105 Å². The summed E-state index contributed by atoms with van der Waals surface area (Å²) < 4.78 is 23.5. The lowest BCUT2D eigenvalue weighted by Crippen LogP contribution is -2.41. The molecule has 1 aliphatic heterocycles. The van der Waals surface area contributed by atoms with E-state index in [2.05, 4.69) is 34.6 Å². The predicted molar refractivity (Wildman–Crippen MR) is 152 cm³/mol. The van der Waals surface area contributed by atoms with Crippen LogP contribution in [0.15, 0.2) is 66.1 Å². The number of carbonyl (C=O) groups excluding carboxylic acids is 1. The molecule has 1 amide bonds. The maximum Gasteiger partial charge on any atom is 0.492 e. The van der Waals surface area contributed by atoms with E-state index in [0.717, 1.165) is 11.1 Å². The van der Waals surface area contributed by atoms with Crippen LogP contribution in [0.2, 0.25) is 0 Å². The summed E-state index contributed by atoms with van der Waals surface area (Å²) in [5.74, 6) is 0.300. The molecule has 0 radical (unpaired) electrons. The quantitative estimate of drug-likeness (QED) is 0.406. The molecule has 0 unspecified atom stereocenters. The number of rotatable bonds is 7. The van der Waals surface area contributed by atoms with Crippen molar-refractivity contribution >= 4 is 25.0 Å². The van der Waals surface area contributed by atoms with Gasteiger partial charge >= 0.3 is 13.2 Å². The van der Waals surface area contributed by atoms with Gasteiger partial charge in [-0.25, -0.2) is 9.78 Å². The number of nitrogen functional groups attached to an aromatic ring is 1.